The van der Waals surface area contributed by atoms with Gasteiger partial charge in [0.05, 0.1) is 12.1 Å². The zero-order valence-corrected chi connectivity index (χ0v) is 8.60. The van der Waals surface area contributed by atoms with E-state index in [-0.39, 0.29) is 0 Å². The molecule has 0 spiro atoms. The van der Waals surface area contributed by atoms with E-state index >= 15 is 0 Å². The summed E-state index contributed by atoms with van der Waals surface area (Å²) in [6.45, 7) is 0. The number of aryl methyl sites for hydroxylation is 1. The minimum atomic E-state index is 0.396. The van der Waals surface area contributed by atoms with Gasteiger partial charge in [-0.15, -0.1) is 0 Å². The molecule has 3 rings (SSSR count). The number of benzene rings is 1. The Kier molecular flexibility index (Phi) is 1.74. The van der Waals surface area contributed by atoms with Crippen molar-refractivity contribution in [2.45, 2.75) is 24.9 Å². The lowest BCUT2D eigenvalue weighted by molar-refractivity contribution is 0.466. The van der Waals surface area contributed by atoms with Gasteiger partial charge in [0, 0.05) is 0 Å². The Hall–Kier alpha value is -1.09. The third-order valence-corrected chi connectivity index (χ3v) is 3.36. The molecule has 1 aliphatic heterocycles. The second-order valence-electron chi connectivity index (χ2n) is 3.94. The highest BCUT2D eigenvalue weighted by molar-refractivity contribution is 7.80. The molecule has 0 unspecified atom stereocenters. The molecule has 1 fully saturated rings. The van der Waals surface area contributed by atoms with Gasteiger partial charge < -0.3 is 10.6 Å². The highest BCUT2D eigenvalue weighted by atomic mass is 32.1. The fourth-order valence-electron chi connectivity index (χ4n) is 2.44. The molecule has 2 N–H and O–H groups in total. The van der Waals surface area contributed by atoms with Crippen molar-refractivity contribution in [1.29, 1.82) is 0 Å². The second-order valence-corrected chi connectivity index (χ2v) is 4.35. The topological polar surface area (TPSA) is 24.1 Å². The first-order valence-corrected chi connectivity index (χ1v) is 5.40. The summed E-state index contributed by atoms with van der Waals surface area (Å²) < 4.78 is 0. The molecular formula is C11H12N2S. The van der Waals surface area contributed by atoms with E-state index in [2.05, 4.69) is 34.9 Å². The van der Waals surface area contributed by atoms with Gasteiger partial charge in [0.2, 0.25) is 0 Å². The normalized spacial score (nSPS) is 28.7. The van der Waals surface area contributed by atoms with Crippen LogP contribution in [0.15, 0.2) is 24.3 Å². The maximum atomic E-state index is 5.14. The van der Waals surface area contributed by atoms with Crippen LogP contribution in [0, 0.1) is 0 Å². The fraction of sp³-hybridized carbons (Fsp3) is 0.364. The van der Waals surface area contributed by atoms with Crippen molar-refractivity contribution in [3.05, 3.63) is 35.4 Å². The molecule has 0 saturated carbocycles. The van der Waals surface area contributed by atoms with E-state index < -0.39 is 0 Å². The Labute approximate surface area is 88.7 Å². The van der Waals surface area contributed by atoms with Gasteiger partial charge in [-0.1, -0.05) is 24.3 Å². The van der Waals surface area contributed by atoms with Crippen molar-refractivity contribution in [2.24, 2.45) is 0 Å². The van der Waals surface area contributed by atoms with E-state index in [4.69, 9.17) is 12.2 Å². The van der Waals surface area contributed by atoms with E-state index in [0.717, 1.165) is 11.5 Å². The molecule has 2 atom stereocenters. The molecule has 1 heterocycles. The average molecular weight is 204 g/mol. The third kappa shape index (κ3) is 1.12. The zero-order chi connectivity index (χ0) is 9.54. The Bertz CT molecular complexity index is 389. The van der Waals surface area contributed by atoms with Crippen molar-refractivity contribution in [2.75, 3.05) is 0 Å². The van der Waals surface area contributed by atoms with Crippen LogP contribution in [0.2, 0.25) is 0 Å². The summed E-state index contributed by atoms with van der Waals surface area (Å²) in [6, 6.07) is 9.53. The van der Waals surface area contributed by atoms with Crippen molar-refractivity contribution in [3.8, 4) is 0 Å². The van der Waals surface area contributed by atoms with Gasteiger partial charge in [-0.2, -0.15) is 0 Å². The summed E-state index contributed by atoms with van der Waals surface area (Å²) in [5, 5.41) is 7.45. The van der Waals surface area contributed by atoms with Crippen LogP contribution in [0.3, 0.4) is 0 Å². The number of hydrogen-bond acceptors (Lipinski definition) is 1. The Balaban J connectivity index is 2.05. The van der Waals surface area contributed by atoms with Gasteiger partial charge in [0.15, 0.2) is 5.11 Å². The molecule has 0 amide bonds. The number of hydrogen-bond donors (Lipinski definition) is 2. The lowest BCUT2D eigenvalue weighted by Crippen LogP contribution is -2.31. The standard InChI is InChI=1S/C11H12N2S/c14-11-12-9-6-5-7-3-1-2-4-8(7)10(9)13-11/h1-4,9-10H,5-6H2,(H2,12,13,14)/t9-,10+/m0/s1. The van der Waals surface area contributed by atoms with E-state index in [1.54, 1.807) is 0 Å². The zero-order valence-electron chi connectivity index (χ0n) is 7.79. The maximum Gasteiger partial charge on any atom is 0.167 e. The summed E-state index contributed by atoms with van der Waals surface area (Å²) >= 11 is 5.14. The summed E-state index contributed by atoms with van der Waals surface area (Å²) in [4.78, 5) is 0. The van der Waals surface area contributed by atoms with Crippen molar-refractivity contribution in [3.63, 3.8) is 0 Å². The van der Waals surface area contributed by atoms with Crippen LogP contribution >= 0.6 is 12.2 Å². The van der Waals surface area contributed by atoms with Crippen molar-refractivity contribution in [1.82, 2.24) is 10.6 Å². The van der Waals surface area contributed by atoms with Gasteiger partial charge in [-0.3, -0.25) is 0 Å². The van der Waals surface area contributed by atoms with Crippen LogP contribution in [0.5, 0.6) is 0 Å². The quantitative estimate of drug-likeness (QED) is 0.627. The Morgan fingerprint density at radius 3 is 3.00 bits per heavy atom. The molecule has 1 aromatic rings. The summed E-state index contributed by atoms with van der Waals surface area (Å²) in [7, 11) is 0. The van der Waals surface area contributed by atoms with Gasteiger partial charge in [0.25, 0.3) is 0 Å². The van der Waals surface area contributed by atoms with Gasteiger partial charge >= 0.3 is 0 Å². The molecule has 0 bridgehead atoms. The van der Waals surface area contributed by atoms with E-state index in [1.807, 2.05) is 0 Å². The smallest absolute Gasteiger partial charge is 0.167 e. The monoisotopic (exact) mass is 204 g/mol. The Morgan fingerprint density at radius 2 is 2.07 bits per heavy atom. The van der Waals surface area contributed by atoms with E-state index in [9.17, 15) is 0 Å². The fourth-order valence-corrected chi connectivity index (χ4v) is 2.72. The lowest BCUT2D eigenvalue weighted by Gasteiger charge is -2.26. The summed E-state index contributed by atoms with van der Waals surface area (Å²) in [6.07, 6.45) is 2.34. The van der Waals surface area contributed by atoms with E-state index in [1.165, 1.54) is 17.5 Å². The number of thiocarbonyl (C=S) groups is 1. The van der Waals surface area contributed by atoms with Gasteiger partial charge in [0.1, 0.15) is 0 Å². The highest BCUT2D eigenvalue weighted by Crippen LogP contribution is 2.32. The molecule has 1 saturated heterocycles. The molecule has 14 heavy (non-hydrogen) atoms. The van der Waals surface area contributed by atoms with Crippen molar-refractivity contribution < 1.29 is 0 Å². The number of rotatable bonds is 0. The van der Waals surface area contributed by atoms with Crippen molar-refractivity contribution >= 4 is 17.3 Å². The number of fused-ring (bicyclic) bond motifs is 3. The van der Waals surface area contributed by atoms with Crippen LogP contribution in [-0.2, 0) is 6.42 Å². The molecule has 72 valence electrons. The van der Waals surface area contributed by atoms with Crippen LogP contribution in [0.4, 0.5) is 0 Å². The van der Waals surface area contributed by atoms with Crippen LogP contribution < -0.4 is 10.6 Å². The minimum absolute atomic E-state index is 0.396. The molecule has 0 radical (unpaired) electrons. The Morgan fingerprint density at radius 1 is 1.21 bits per heavy atom. The highest BCUT2D eigenvalue weighted by Gasteiger charge is 2.34. The molecule has 1 aromatic carbocycles. The molecule has 2 aliphatic rings. The molecule has 3 heteroatoms. The third-order valence-electron chi connectivity index (χ3n) is 3.12. The largest absolute Gasteiger partial charge is 0.358 e. The second kappa shape index (κ2) is 2.95. The predicted octanol–water partition coefficient (Wildman–Crippen LogP) is 1.52. The summed E-state index contributed by atoms with van der Waals surface area (Å²) in [5.74, 6) is 0. The minimum Gasteiger partial charge on any atom is -0.358 e. The average Bonchev–Trinajstić information content (AvgIpc) is 2.59. The number of nitrogens with one attached hydrogen (secondary N) is 2. The van der Waals surface area contributed by atoms with Crippen LogP contribution in [0.1, 0.15) is 23.6 Å². The van der Waals surface area contributed by atoms with E-state index in [0.29, 0.717) is 12.1 Å². The van der Waals surface area contributed by atoms with Crippen LogP contribution in [-0.4, -0.2) is 11.2 Å². The first-order valence-electron chi connectivity index (χ1n) is 4.99. The maximum absolute atomic E-state index is 5.14. The molecule has 1 aliphatic carbocycles. The molecule has 2 nitrogen and oxygen atoms in total. The van der Waals surface area contributed by atoms with Gasteiger partial charge in [-0.25, -0.2) is 0 Å². The molecule has 0 aromatic heterocycles. The lowest BCUT2D eigenvalue weighted by atomic mass is 9.85. The predicted molar refractivity (Wildman–Crippen MR) is 60.2 cm³/mol. The molecular weight excluding hydrogens is 192 g/mol. The first kappa shape index (κ1) is 8.24. The summed E-state index contributed by atoms with van der Waals surface area (Å²) in [5.41, 5.74) is 2.88. The first-order chi connectivity index (χ1) is 6.84. The SMILES string of the molecule is S=C1N[C@H]2CCc3ccccc3[C@H]2N1. The van der Waals surface area contributed by atoms with Gasteiger partial charge in [-0.05, 0) is 36.2 Å². The van der Waals surface area contributed by atoms with Crippen LogP contribution in [0.25, 0.3) is 0 Å².